The van der Waals surface area contributed by atoms with E-state index in [4.69, 9.17) is 4.74 Å². The molecular formula is C17H23N3O3S. The van der Waals surface area contributed by atoms with Crippen LogP contribution in [-0.2, 0) is 10.0 Å². The topological polar surface area (TPSA) is 80.3 Å². The molecule has 0 aliphatic carbocycles. The molecule has 1 aromatic carbocycles. The first-order valence-corrected chi connectivity index (χ1v) is 9.32. The lowest BCUT2D eigenvalue weighted by Crippen LogP contribution is -2.14. The average molecular weight is 349 g/mol. The Morgan fingerprint density at radius 1 is 1.21 bits per heavy atom. The molecule has 0 aliphatic heterocycles. The largest absolute Gasteiger partial charge is 0.497 e. The molecule has 0 saturated carbocycles. The Morgan fingerprint density at radius 3 is 2.58 bits per heavy atom. The maximum absolute atomic E-state index is 12.5. The first-order chi connectivity index (χ1) is 11.5. The smallest absolute Gasteiger partial charge is 0.262 e. The van der Waals surface area contributed by atoms with Crippen LogP contribution in [0.4, 0.5) is 11.5 Å². The Balaban J connectivity index is 2.11. The lowest BCUT2D eigenvalue weighted by molar-refractivity contribution is 0.414. The summed E-state index contributed by atoms with van der Waals surface area (Å²) < 4.78 is 32.7. The summed E-state index contributed by atoms with van der Waals surface area (Å²) in [6.45, 7) is 4.70. The average Bonchev–Trinajstić information content (AvgIpc) is 2.56. The van der Waals surface area contributed by atoms with Crippen molar-refractivity contribution < 1.29 is 13.2 Å². The van der Waals surface area contributed by atoms with E-state index in [1.54, 1.807) is 38.3 Å². The van der Waals surface area contributed by atoms with Gasteiger partial charge in [-0.1, -0.05) is 13.3 Å². The predicted molar refractivity (Wildman–Crippen MR) is 96.2 cm³/mol. The maximum atomic E-state index is 12.5. The summed E-state index contributed by atoms with van der Waals surface area (Å²) in [5, 5.41) is 3.19. The molecule has 0 saturated heterocycles. The molecule has 1 aromatic heterocycles. The molecule has 6 nitrogen and oxygen atoms in total. The fraction of sp³-hybridized carbons (Fsp3) is 0.353. The second-order valence-electron chi connectivity index (χ2n) is 5.45. The highest BCUT2D eigenvalue weighted by Crippen LogP contribution is 2.23. The minimum absolute atomic E-state index is 0.216. The highest BCUT2D eigenvalue weighted by atomic mass is 32.2. The molecule has 0 bridgehead atoms. The van der Waals surface area contributed by atoms with Crippen LogP contribution in [0.15, 0.2) is 41.4 Å². The number of anilines is 2. The minimum Gasteiger partial charge on any atom is -0.497 e. The number of pyridine rings is 1. The van der Waals surface area contributed by atoms with Crippen molar-refractivity contribution in [2.75, 3.05) is 23.7 Å². The number of nitrogens with zero attached hydrogens (tertiary/aromatic N) is 1. The van der Waals surface area contributed by atoms with Gasteiger partial charge in [0.25, 0.3) is 10.0 Å². The van der Waals surface area contributed by atoms with E-state index in [9.17, 15) is 8.42 Å². The van der Waals surface area contributed by atoms with Crippen molar-refractivity contribution in [2.45, 2.75) is 31.6 Å². The van der Waals surface area contributed by atoms with E-state index in [-0.39, 0.29) is 4.90 Å². The van der Waals surface area contributed by atoms with Gasteiger partial charge in [0.2, 0.25) is 0 Å². The first kappa shape index (κ1) is 18.1. The van der Waals surface area contributed by atoms with Gasteiger partial charge in [-0.25, -0.2) is 13.4 Å². The Labute approximate surface area is 143 Å². The molecule has 130 valence electrons. The van der Waals surface area contributed by atoms with Gasteiger partial charge in [-0.3, -0.25) is 4.72 Å². The molecule has 24 heavy (non-hydrogen) atoms. The number of unbranched alkanes of at least 4 members (excludes halogenated alkanes) is 1. The number of ether oxygens (including phenoxy) is 1. The number of sulfonamides is 1. The number of rotatable bonds is 8. The monoisotopic (exact) mass is 349 g/mol. The van der Waals surface area contributed by atoms with Crippen molar-refractivity contribution >= 4 is 21.5 Å². The van der Waals surface area contributed by atoms with E-state index in [2.05, 4.69) is 21.9 Å². The summed E-state index contributed by atoms with van der Waals surface area (Å²) >= 11 is 0. The summed E-state index contributed by atoms with van der Waals surface area (Å²) in [5.41, 5.74) is 1.04. The van der Waals surface area contributed by atoms with Crippen LogP contribution in [-0.4, -0.2) is 27.1 Å². The molecule has 7 heteroatoms. The molecule has 0 atom stereocenters. The van der Waals surface area contributed by atoms with E-state index in [0.717, 1.165) is 25.2 Å². The normalized spacial score (nSPS) is 11.1. The SMILES string of the molecule is CCCCNc1ccc(NS(=O)(=O)c2ccc(OC)cc2C)cn1. The van der Waals surface area contributed by atoms with Crippen molar-refractivity contribution in [3.05, 3.63) is 42.1 Å². The third kappa shape index (κ3) is 4.61. The van der Waals surface area contributed by atoms with Crippen LogP contribution in [0.1, 0.15) is 25.3 Å². The molecule has 0 spiro atoms. The summed E-state index contributed by atoms with van der Waals surface area (Å²) in [7, 11) is -2.12. The van der Waals surface area contributed by atoms with Crippen LogP contribution in [0.3, 0.4) is 0 Å². The summed E-state index contributed by atoms with van der Waals surface area (Å²) in [4.78, 5) is 4.44. The van der Waals surface area contributed by atoms with Crippen molar-refractivity contribution in [1.82, 2.24) is 4.98 Å². The Morgan fingerprint density at radius 2 is 2.00 bits per heavy atom. The number of benzene rings is 1. The molecule has 0 fully saturated rings. The zero-order chi connectivity index (χ0) is 17.6. The van der Waals surface area contributed by atoms with Crippen LogP contribution >= 0.6 is 0 Å². The van der Waals surface area contributed by atoms with Crippen LogP contribution in [0.25, 0.3) is 0 Å². The van der Waals surface area contributed by atoms with Gasteiger partial charge in [0.15, 0.2) is 0 Å². The van der Waals surface area contributed by atoms with Gasteiger partial charge in [0, 0.05) is 6.54 Å². The number of aryl methyl sites for hydroxylation is 1. The maximum Gasteiger partial charge on any atom is 0.262 e. The van der Waals surface area contributed by atoms with E-state index in [1.165, 1.54) is 12.3 Å². The zero-order valence-electron chi connectivity index (χ0n) is 14.2. The summed E-state index contributed by atoms with van der Waals surface area (Å²) in [6, 6.07) is 8.30. The molecule has 2 rings (SSSR count). The minimum atomic E-state index is -3.67. The van der Waals surface area contributed by atoms with Gasteiger partial charge in [-0.15, -0.1) is 0 Å². The fourth-order valence-corrected chi connectivity index (χ4v) is 3.48. The van der Waals surface area contributed by atoms with Crippen LogP contribution in [0.5, 0.6) is 5.75 Å². The Bertz CT molecular complexity index is 774. The molecule has 0 aliphatic rings. The van der Waals surface area contributed by atoms with Gasteiger partial charge >= 0.3 is 0 Å². The predicted octanol–water partition coefficient (Wildman–Crippen LogP) is 3.41. The van der Waals surface area contributed by atoms with Crippen LogP contribution < -0.4 is 14.8 Å². The second-order valence-corrected chi connectivity index (χ2v) is 7.10. The lowest BCUT2D eigenvalue weighted by Gasteiger charge is -2.12. The van der Waals surface area contributed by atoms with Crippen molar-refractivity contribution in [3.63, 3.8) is 0 Å². The van der Waals surface area contributed by atoms with Crippen molar-refractivity contribution in [2.24, 2.45) is 0 Å². The van der Waals surface area contributed by atoms with Gasteiger partial charge in [-0.2, -0.15) is 0 Å². The molecule has 0 radical (unpaired) electrons. The highest BCUT2D eigenvalue weighted by Gasteiger charge is 2.17. The number of aromatic nitrogens is 1. The van der Waals surface area contributed by atoms with Crippen LogP contribution in [0, 0.1) is 6.92 Å². The molecular weight excluding hydrogens is 326 g/mol. The standard InChI is InChI=1S/C17H23N3O3S/c1-4-5-10-18-17-9-6-14(12-19-17)20-24(21,22)16-8-7-15(23-3)11-13(16)2/h6-9,11-12,20H,4-5,10H2,1-3H3,(H,18,19). The Kier molecular flexibility index (Phi) is 6.03. The molecule has 2 aromatic rings. The molecule has 1 heterocycles. The van der Waals surface area contributed by atoms with Gasteiger partial charge < -0.3 is 10.1 Å². The molecule has 0 amide bonds. The van der Waals surface area contributed by atoms with E-state index in [1.807, 2.05) is 0 Å². The van der Waals surface area contributed by atoms with Gasteiger partial charge in [0.1, 0.15) is 11.6 Å². The number of nitrogens with one attached hydrogen (secondary N) is 2. The molecule has 2 N–H and O–H groups in total. The van der Waals surface area contributed by atoms with E-state index >= 15 is 0 Å². The lowest BCUT2D eigenvalue weighted by atomic mass is 10.2. The summed E-state index contributed by atoms with van der Waals surface area (Å²) in [5.74, 6) is 1.35. The van der Waals surface area contributed by atoms with E-state index < -0.39 is 10.0 Å². The van der Waals surface area contributed by atoms with Gasteiger partial charge in [-0.05, 0) is 49.2 Å². The van der Waals surface area contributed by atoms with Crippen molar-refractivity contribution in [1.29, 1.82) is 0 Å². The summed E-state index contributed by atoms with van der Waals surface area (Å²) in [6.07, 6.45) is 3.67. The quantitative estimate of drug-likeness (QED) is 0.714. The second kappa shape index (κ2) is 8.01. The third-order valence-corrected chi connectivity index (χ3v) is 5.07. The third-order valence-electron chi connectivity index (χ3n) is 3.52. The van der Waals surface area contributed by atoms with Gasteiger partial charge in [0.05, 0.1) is 23.9 Å². The fourth-order valence-electron chi connectivity index (χ4n) is 2.21. The first-order valence-electron chi connectivity index (χ1n) is 7.83. The van der Waals surface area contributed by atoms with Crippen LogP contribution in [0.2, 0.25) is 0 Å². The Hall–Kier alpha value is -2.28. The number of hydrogen-bond acceptors (Lipinski definition) is 5. The highest BCUT2D eigenvalue weighted by molar-refractivity contribution is 7.92. The van der Waals surface area contributed by atoms with Crippen molar-refractivity contribution in [3.8, 4) is 5.75 Å². The zero-order valence-corrected chi connectivity index (χ0v) is 15.0. The molecule has 0 unspecified atom stereocenters. The van der Waals surface area contributed by atoms with E-state index in [0.29, 0.717) is 17.0 Å². The number of methoxy groups -OCH3 is 1. The number of hydrogen-bond donors (Lipinski definition) is 2.